The van der Waals surface area contributed by atoms with Gasteiger partial charge in [0.2, 0.25) is 0 Å². The van der Waals surface area contributed by atoms with Gasteiger partial charge in [0, 0.05) is 11.1 Å². The van der Waals surface area contributed by atoms with Crippen LogP contribution in [0.5, 0.6) is 5.75 Å². The van der Waals surface area contributed by atoms with E-state index in [4.69, 9.17) is 14.7 Å². The lowest BCUT2D eigenvalue weighted by Gasteiger charge is -2.26. The number of aliphatic carboxylic acids is 1. The average Bonchev–Trinajstić information content (AvgIpc) is 3.03. The van der Waals surface area contributed by atoms with E-state index >= 15 is 0 Å². The lowest BCUT2D eigenvalue weighted by atomic mass is 9.81. The molecular formula is C30H29NO4. The van der Waals surface area contributed by atoms with Crippen molar-refractivity contribution in [2.75, 3.05) is 6.61 Å². The van der Waals surface area contributed by atoms with Gasteiger partial charge in [0.15, 0.2) is 12.7 Å². The van der Waals surface area contributed by atoms with Gasteiger partial charge in [-0.2, -0.15) is 0 Å². The summed E-state index contributed by atoms with van der Waals surface area (Å²) in [4.78, 5) is 17.1. The number of hydrogen-bond donors (Lipinski definition) is 1. The molecule has 2 aliphatic rings. The van der Waals surface area contributed by atoms with Gasteiger partial charge in [-0.15, -0.1) is 0 Å². The van der Waals surface area contributed by atoms with Crippen molar-refractivity contribution in [2.24, 2.45) is 11.1 Å². The Hall–Kier alpha value is -3.86. The number of carboxylic acid groups (broad SMARTS) is 1. The van der Waals surface area contributed by atoms with E-state index in [1.807, 2.05) is 43.3 Å². The molecule has 1 atom stereocenters. The van der Waals surface area contributed by atoms with E-state index < -0.39 is 5.97 Å². The standard InChI is InChI=1S/C30H29NO4/c1-20(17-21-13-16-25-24(18-21)9-6-12-28(25)34-19-29(32)33)31-35-30-26-10-4-2-7-22(26)14-15-23-8-3-5-11-27(23)30/h2-12,14-15,21,30H,13,16-19H2,1H3,(H,32,33). The monoisotopic (exact) mass is 467 g/mol. The summed E-state index contributed by atoms with van der Waals surface area (Å²) in [6, 6.07) is 22.5. The first-order valence-electron chi connectivity index (χ1n) is 12.1. The molecule has 3 aromatic rings. The Morgan fingerprint density at radius 2 is 1.66 bits per heavy atom. The molecule has 2 aliphatic carbocycles. The Morgan fingerprint density at radius 3 is 2.34 bits per heavy atom. The quantitative estimate of drug-likeness (QED) is 0.327. The molecule has 0 saturated heterocycles. The van der Waals surface area contributed by atoms with Gasteiger partial charge < -0.3 is 14.7 Å². The van der Waals surface area contributed by atoms with Gasteiger partial charge in [-0.1, -0.05) is 78.0 Å². The molecule has 0 aromatic heterocycles. The fourth-order valence-electron chi connectivity index (χ4n) is 5.16. The lowest BCUT2D eigenvalue weighted by molar-refractivity contribution is -0.139. The molecule has 1 N–H and O–H groups in total. The molecule has 0 radical (unpaired) electrons. The van der Waals surface area contributed by atoms with Crippen molar-refractivity contribution in [1.29, 1.82) is 0 Å². The number of benzene rings is 3. The fraction of sp³-hybridized carbons (Fsp3) is 0.267. The molecule has 1 unspecified atom stereocenters. The van der Waals surface area contributed by atoms with Crippen molar-refractivity contribution in [3.05, 3.63) is 100 Å². The highest BCUT2D eigenvalue weighted by molar-refractivity contribution is 5.82. The van der Waals surface area contributed by atoms with Crippen LogP contribution in [0.4, 0.5) is 0 Å². The average molecular weight is 468 g/mol. The van der Waals surface area contributed by atoms with Gasteiger partial charge in [0.05, 0.1) is 5.71 Å². The molecule has 5 rings (SSSR count). The number of nitrogens with zero attached hydrogens (tertiary/aromatic N) is 1. The number of carbonyl (C=O) groups is 1. The van der Waals surface area contributed by atoms with Crippen LogP contribution in [0.1, 0.15) is 59.3 Å². The van der Waals surface area contributed by atoms with Gasteiger partial charge in [0.25, 0.3) is 0 Å². The zero-order valence-electron chi connectivity index (χ0n) is 19.8. The molecular weight excluding hydrogens is 438 g/mol. The number of hydrogen-bond acceptors (Lipinski definition) is 4. The van der Waals surface area contributed by atoms with Crippen LogP contribution in [-0.2, 0) is 22.5 Å². The largest absolute Gasteiger partial charge is 0.482 e. The van der Waals surface area contributed by atoms with Crippen LogP contribution >= 0.6 is 0 Å². The highest BCUT2D eigenvalue weighted by Crippen LogP contribution is 2.36. The molecule has 0 heterocycles. The molecule has 3 aromatic carbocycles. The van der Waals surface area contributed by atoms with Crippen molar-refractivity contribution >= 4 is 23.8 Å². The fourth-order valence-corrected chi connectivity index (χ4v) is 5.16. The predicted molar refractivity (Wildman–Crippen MR) is 138 cm³/mol. The van der Waals surface area contributed by atoms with E-state index in [9.17, 15) is 4.79 Å². The smallest absolute Gasteiger partial charge is 0.341 e. The summed E-state index contributed by atoms with van der Waals surface area (Å²) in [5.74, 6) is 0.189. The zero-order valence-corrected chi connectivity index (χ0v) is 19.8. The second-order valence-corrected chi connectivity index (χ2v) is 9.29. The Morgan fingerprint density at radius 1 is 0.971 bits per heavy atom. The molecule has 0 fully saturated rings. The number of fused-ring (bicyclic) bond motifs is 3. The van der Waals surface area contributed by atoms with Crippen LogP contribution in [0, 0.1) is 5.92 Å². The summed E-state index contributed by atoms with van der Waals surface area (Å²) >= 11 is 0. The molecule has 178 valence electrons. The van der Waals surface area contributed by atoms with Crippen LogP contribution in [0.3, 0.4) is 0 Å². The summed E-state index contributed by atoms with van der Waals surface area (Å²) in [6.45, 7) is 1.72. The second-order valence-electron chi connectivity index (χ2n) is 9.29. The lowest BCUT2D eigenvalue weighted by Crippen LogP contribution is -2.19. The van der Waals surface area contributed by atoms with Crippen LogP contribution < -0.4 is 4.74 Å². The third-order valence-corrected chi connectivity index (χ3v) is 6.79. The summed E-state index contributed by atoms with van der Waals surface area (Å²) in [5, 5.41) is 13.5. The van der Waals surface area contributed by atoms with E-state index in [0.717, 1.165) is 59.2 Å². The van der Waals surface area contributed by atoms with Crippen molar-refractivity contribution in [3.8, 4) is 5.75 Å². The minimum Gasteiger partial charge on any atom is -0.482 e. The third-order valence-electron chi connectivity index (χ3n) is 6.79. The molecule has 5 heteroatoms. The number of ether oxygens (including phenoxy) is 1. The zero-order chi connectivity index (χ0) is 24.2. The Bertz CT molecular complexity index is 1240. The molecule has 0 amide bonds. The van der Waals surface area contributed by atoms with E-state index in [1.54, 1.807) is 0 Å². The molecule has 0 saturated carbocycles. The van der Waals surface area contributed by atoms with Crippen LogP contribution in [-0.4, -0.2) is 23.4 Å². The Labute approximate surface area is 205 Å². The number of oxime groups is 1. The molecule has 0 aliphatic heterocycles. The van der Waals surface area contributed by atoms with Crippen LogP contribution in [0.2, 0.25) is 0 Å². The molecule has 5 nitrogen and oxygen atoms in total. The van der Waals surface area contributed by atoms with Gasteiger partial charge in [-0.3, -0.25) is 0 Å². The maximum atomic E-state index is 10.9. The van der Waals surface area contributed by atoms with E-state index in [0.29, 0.717) is 11.7 Å². The summed E-state index contributed by atoms with van der Waals surface area (Å²) < 4.78 is 5.51. The van der Waals surface area contributed by atoms with Crippen LogP contribution in [0.15, 0.2) is 71.9 Å². The van der Waals surface area contributed by atoms with Crippen molar-refractivity contribution in [3.63, 3.8) is 0 Å². The second kappa shape index (κ2) is 10.2. The maximum Gasteiger partial charge on any atom is 0.341 e. The van der Waals surface area contributed by atoms with E-state index in [2.05, 4.69) is 47.6 Å². The highest BCUT2D eigenvalue weighted by atomic mass is 16.6. The summed E-state index contributed by atoms with van der Waals surface area (Å²) in [5.41, 5.74) is 7.86. The first-order chi connectivity index (χ1) is 17.1. The molecule has 35 heavy (non-hydrogen) atoms. The van der Waals surface area contributed by atoms with E-state index in [-0.39, 0.29) is 12.7 Å². The SMILES string of the molecule is CC(CC1CCc2c(cccc2OCC(=O)O)C1)=NOC1c2ccccc2C=Cc2ccccc21. The number of rotatable bonds is 7. The topological polar surface area (TPSA) is 68.1 Å². The number of carboxylic acids is 1. The summed E-state index contributed by atoms with van der Waals surface area (Å²) in [7, 11) is 0. The first kappa shape index (κ1) is 22.9. The predicted octanol–water partition coefficient (Wildman–Crippen LogP) is 6.31. The Balaban J connectivity index is 1.30. The first-order valence-corrected chi connectivity index (χ1v) is 12.1. The Kier molecular flexibility index (Phi) is 6.66. The van der Waals surface area contributed by atoms with Crippen molar-refractivity contribution in [2.45, 2.75) is 38.7 Å². The van der Waals surface area contributed by atoms with Crippen molar-refractivity contribution in [1.82, 2.24) is 0 Å². The third kappa shape index (κ3) is 5.14. The van der Waals surface area contributed by atoms with Gasteiger partial charge >= 0.3 is 5.97 Å². The minimum atomic E-state index is -0.960. The summed E-state index contributed by atoms with van der Waals surface area (Å²) in [6.07, 6.45) is 7.68. The normalized spacial score (nSPS) is 17.1. The molecule has 0 bridgehead atoms. The van der Waals surface area contributed by atoms with Gasteiger partial charge in [-0.25, -0.2) is 4.79 Å². The minimum absolute atomic E-state index is 0.256. The van der Waals surface area contributed by atoms with Gasteiger partial charge in [0.1, 0.15) is 5.75 Å². The molecule has 0 spiro atoms. The maximum absolute atomic E-state index is 10.9. The van der Waals surface area contributed by atoms with Gasteiger partial charge in [-0.05, 0) is 66.8 Å². The highest BCUT2D eigenvalue weighted by Gasteiger charge is 2.25. The van der Waals surface area contributed by atoms with E-state index in [1.165, 1.54) is 5.56 Å². The van der Waals surface area contributed by atoms with Crippen molar-refractivity contribution < 1.29 is 19.5 Å². The van der Waals surface area contributed by atoms with Crippen LogP contribution in [0.25, 0.3) is 12.2 Å².